The number of halogens is 1. The highest BCUT2D eigenvalue weighted by Crippen LogP contribution is 2.37. The molecule has 1 saturated heterocycles. The largest absolute Gasteiger partial charge is 0.493 e. The molecular formula is C14H10BrN3O5. The lowest BCUT2D eigenvalue weighted by Crippen LogP contribution is -2.51. The molecule has 1 fully saturated rings. The van der Waals surface area contributed by atoms with E-state index in [0.717, 1.165) is 0 Å². The molecule has 1 heterocycles. The van der Waals surface area contributed by atoms with Gasteiger partial charge in [0.2, 0.25) is 0 Å². The molecule has 1 aromatic carbocycles. The lowest BCUT2D eigenvalue weighted by Gasteiger charge is -2.15. The van der Waals surface area contributed by atoms with Crippen LogP contribution in [0.25, 0.3) is 6.08 Å². The van der Waals surface area contributed by atoms with E-state index >= 15 is 0 Å². The number of rotatable bonds is 4. The molecule has 0 bridgehead atoms. The Hall–Kier alpha value is -2.86. The van der Waals surface area contributed by atoms with Crippen LogP contribution < -0.4 is 20.1 Å². The molecule has 118 valence electrons. The molecule has 1 aromatic rings. The number of amides is 4. The van der Waals surface area contributed by atoms with E-state index in [9.17, 15) is 14.4 Å². The second-order valence-corrected chi connectivity index (χ2v) is 5.13. The Morgan fingerprint density at radius 1 is 1.26 bits per heavy atom. The van der Waals surface area contributed by atoms with Gasteiger partial charge in [-0.05, 0) is 39.7 Å². The smallest absolute Gasteiger partial charge is 0.328 e. The molecule has 1 aliphatic rings. The number of ether oxygens (including phenoxy) is 2. The quantitative estimate of drug-likeness (QED) is 0.597. The Labute approximate surface area is 139 Å². The van der Waals surface area contributed by atoms with Crippen molar-refractivity contribution in [1.82, 2.24) is 10.6 Å². The van der Waals surface area contributed by atoms with Crippen LogP contribution in [0.3, 0.4) is 0 Å². The summed E-state index contributed by atoms with van der Waals surface area (Å²) in [4.78, 5) is 34.4. The van der Waals surface area contributed by atoms with Crippen LogP contribution in [0.1, 0.15) is 5.56 Å². The summed E-state index contributed by atoms with van der Waals surface area (Å²) >= 11 is 3.27. The molecule has 0 spiro atoms. The number of hydrogen-bond acceptors (Lipinski definition) is 6. The van der Waals surface area contributed by atoms with E-state index in [1.54, 1.807) is 6.07 Å². The fourth-order valence-electron chi connectivity index (χ4n) is 1.84. The summed E-state index contributed by atoms with van der Waals surface area (Å²) in [6, 6.07) is 4.09. The van der Waals surface area contributed by atoms with Gasteiger partial charge in [-0.3, -0.25) is 20.2 Å². The van der Waals surface area contributed by atoms with Crippen LogP contribution in [0.4, 0.5) is 4.79 Å². The molecule has 9 heteroatoms. The fraction of sp³-hybridized carbons (Fsp3) is 0.143. The van der Waals surface area contributed by atoms with E-state index < -0.39 is 17.8 Å². The van der Waals surface area contributed by atoms with Gasteiger partial charge in [-0.15, -0.1) is 0 Å². The minimum Gasteiger partial charge on any atom is -0.493 e. The van der Waals surface area contributed by atoms with E-state index in [2.05, 4.69) is 15.9 Å². The average molecular weight is 380 g/mol. The molecule has 0 aromatic heterocycles. The number of urea groups is 1. The van der Waals surface area contributed by atoms with Crippen LogP contribution in [0.15, 0.2) is 22.2 Å². The van der Waals surface area contributed by atoms with Gasteiger partial charge in [0, 0.05) is 0 Å². The highest BCUT2D eigenvalue weighted by atomic mass is 79.9. The number of imide groups is 2. The molecule has 2 N–H and O–H groups in total. The van der Waals surface area contributed by atoms with Crippen molar-refractivity contribution >= 4 is 39.9 Å². The third-order valence-corrected chi connectivity index (χ3v) is 3.38. The van der Waals surface area contributed by atoms with Crippen LogP contribution in [-0.4, -0.2) is 31.6 Å². The van der Waals surface area contributed by atoms with Crippen LogP contribution >= 0.6 is 15.9 Å². The van der Waals surface area contributed by atoms with Crippen molar-refractivity contribution in [2.45, 2.75) is 0 Å². The van der Waals surface area contributed by atoms with Gasteiger partial charge in [-0.25, -0.2) is 4.79 Å². The Bertz CT molecular complexity index is 744. The van der Waals surface area contributed by atoms with Crippen molar-refractivity contribution in [2.75, 3.05) is 13.7 Å². The summed E-state index contributed by atoms with van der Waals surface area (Å²) in [6.07, 6.45) is 1.30. The maximum atomic E-state index is 11.7. The highest BCUT2D eigenvalue weighted by molar-refractivity contribution is 9.10. The zero-order chi connectivity index (χ0) is 17.0. The van der Waals surface area contributed by atoms with Crippen molar-refractivity contribution in [2.24, 2.45) is 0 Å². The standard InChI is InChI=1S/C14H10BrN3O5/c1-22-10-6-7(5-9(15)11(10)23-3-2-16)4-8-12(19)17-14(21)18-13(8)20/h4-6H,3H2,1H3,(H2,17,18,19,20,21). The first-order valence-corrected chi connectivity index (χ1v) is 7.01. The van der Waals surface area contributed by atoms with E-state index in [4.69, 9.17) is 14.7 Å². The number of methoxy groups -OCH3 is 1. The molecule has 1 aliphatic heterocycles. The number of nitriles is 1. The number of benzene rings is 1. The van der Waals surface area contributed by atoms with Crippen LogP contribution in [0.5, 0.6) is 11.5 Å². The van der Waals surface area contributed by atoms with Gasteiger partial charge in [0.05, 0.1) is 11.6 Å². The number of carbonyl (C=O) groups excluding carboxylic acids is 3. The fourth-order valence-corrected chi connectivity index (χ4v) is 2.41. The first-order chi connectivity index (χ1) is 11.0. The maximum absolute atomic E-state index is 11.7. The molecule has 4 amide bonds. The first-order valence-electron chi connectivity index (χ1n) is 6.22. The normalized spacial score (nSPS) is 13.8. The van der Waals surface area contributed by atoms with Crippen LogP contribution in [0, 0.1) is 11.3 Å². The van der Waals surface area contributed by atoms with Crippen molar-refractivity contribution in [3.8, 4) is 17.6 Å². The molecule has 2 rings (SSSR count). The Balaban J connectivity index is 2.41. The van der Waals surface area contributed by atoms with E-state index in [0.29, 0.717) is 21.5 Å². The maximum Gasteiger partial charge on any atom is 0.328 e. The number of nitrogens with zero attached hydrogens (tertiary/aromatic N) is 1. The van der Waals surface area contributed by atoms with Gasteiger partial charge < -0.3 is 9.47 Å². The van der Waals surface area contributed by atoms with Crippen LogP contribution in [-0.2, 0) is 9.59 Å². The summed E-state index contributed by atoms with van der Waals surface area (Å²) in [5, 5.41) is 12.5. The third-order valence-electron chi connectivity index (χ3n) is 2.79. The summed E-state index contributed by atoms with van der Waals surface area (Å²) in [5.41, 5.74) is 0.247. The van der Waals surface area contributed by atoms with Gasteiger partial charge in [0.25, 0.3) is 11.8 Å². The lowest BCUT2D eigenvalue weighted by atomic mass is 10.1. The SMILES string of the molecule is COc1cc(C=C2C(=O)NC(=O)NC2=O)cc(Br)c1OCC#N. The van der Waals surface area contributed by atoms with E-state index in [1.807, 2.05) is 16.7 Å². The van der Waals surface area contributed by atoms with Crippen LogP contribution in [0.2, 0.25) is 0 Å². The zero-order valence-corrected chi connectivity index (χ0v) is 13.4. The summed E-state index contributed by atoms with van der Waals surface area (Å²) in [5.74, 6) is -0.949. The van der Waals surface area contributed by atoms with Gasteiger partial charge >= 0.3 is 6.03 Å². The van der Waals surface area contributed by atoms with E-state index in [1.165, 1.54) is 19.3 Å². The Kier molecular flexibility index (Phi) is 4.98. The molecular weight excluding hydrogens is 370 g/mol. The second-order valence-electron chi connectivity index (χ2n) is 4.28. The molecule has 8 nitrogen and oxygen atoms in total. The van der Waals surface area contributed by atoms with Gasteiger partial charge in [0.1, 0.15) is 11.6 Å². The number of barbiturate groups is 1. The number of hydrogen-bond donors (Lipinski definition) is 2. The van der Waals surface area contributed by atoms with Crippen molar-refractivity contribution in [3.63, 3.8) is 0 Å². The highest BCUT2D eigenvalue weighted by Gasteiger charge is 2.27. The first kappa shape index (κ1) is 16.5. The second kappa shape index (κ2) is 6.93. The summed E-state index contributed by atoms with van der Waals surface area (Å²) < 4.78 is 10.9. The minimum absolute atomic E-state index is 0.164. The summed E-state index contributed by atoms with van der Waals surface area (Å²) in [6.45, 7) is -0.164. The molecule has 0 atom stereocenters. The molecule has 0 saturated carbocycles. The summed E-state index contributed by atoms with van der Waals surface area (Å²) in [7, 11) is 1.41. The predicted molar refractivity (Wildman–Crippen MR) is 81.5 cm³/mol. The zero-order valence-electron chi connectivity index (χ0n) is 11.8. The van der Waals surface area contributed by atoms with Crippen molar-refractivity contribution in [1.29, 1.82) is 5.26 Å². The topological polar surface area (TPSA) is 118 Å². The minimum atomic E-state index is -0.865. The monoisotopic (exact) mass is 379 g/mol. The number of nitrogens with one attached hydrogen (secondary N) is 2. The number of carbonyl (C=O) groups is 3. The molecule has 0 aliphatic carbocycles. The molecule has 0 radical (unpaired) electrons. The molecule has 23 heavy (non-hydrogen) atoms. The Morgan fingerprint density at radius 2 is 1.91 bits per heavy atom. The van der Waals surface area contributed by atoms with Gasteiger partial charge in [-0.1, -0.05) is 0 Å². The lowest BCUT2D eigenvalue weighted by molar-refractivity contribution is -0.123. The predicted octanol–water partition coefficient (Wildman–Crippen LogP) is 1.11. The Morgan fingerprint density at radius 3 is 2.48 bits per heavy atom. The van der Waals surface area contributed by atoms with Crippen molar-refractivity contribution < 1.29 is 23.9 Å². The van der Waals surface area contributed by atoms with Gasteiger partial charge in [0.15, 0.2) is 18.1 Å². The third kappa shape index (κ3) is 3.67. The average Bonchev–Trinajstić information content (AvgIpc) is 2.49. The van der Waals surface area contributed by atoms with Gasteiger partial charge in [-0.2, -0.15) is 5.26 Å². The van der Waals surface area contributed by atoms with Crippen molar-refractivity contribution in [3.05, 3.63) is 27.7 Å². The molecule has 0 unspecified atom stereocenters. The van der Waals surface area contributed by atoms with E-state index in [-0.39, 0.29) is 12.2 Å².